The quantitative estimate of drug-likeness (QED) is 0.405. The molecule has 0 aromatic heterocycles. The number of benzene rings is 2. The van der Waals surface area contributed by atoms with E-state index in [1.54, 1.807) is 31.2 Å². The van der Waals surface area contributed by atoms with Crippen molar-refractivity contribution in [2.75, 3.05) is 11.1 Å². The molecule has 2 aromatic carbocycles. The molecule has 154 valence electrons. The van der Waals surface area contributed by atoms with Crippen LogP contribution >= 0.6 is 0 Å². The summed E-state index contributed by atoms with van der Waals surface area (Å²) in [4.78, 5) is 32.9. The number of carbonyl (C=O) groups is 2. The van der Waals surface area contributed by atoms with Crippen molar-refractivity contribution in [2.24, 2.45) is 0 Å². The maximum absolute atomic E-state index is 12.5. The molecule has 0 spiro atoms. The zero-order valence-corrected chi connectivity index (χ0v) is 16.0. The number of sulfone groups is 1. The van der Waals surface area contributed by atoms with Gasteiger partial charge in [0, 0.05) is 6.07 Å². The van der Waals surface area contributed by atoms with Gasteiger partial charge < -0.3 is 15.5 Å². The van der Waals surface area contributed by atoms with Crippen molar-refractivity contribution in [2.45, 2.75) is 18.7 Å². The van der Waals surface area contributed by atoms with Gasteiger partial charge in [-0.2, -0.15) is 0 Å². The summed E-state index contributed by atoms with van der Waals surface area (Å²) in [5.41, 5.74) is -0.0727. The number of carboxylic acid groups (broad SMARTS) is 2. The number of rotatable bonds is 9. The second-order valence-electron chi connectivity index (χ2n) is 6.31. The topological polar surface area (TPSA) is 164 Å². The minimum atomic E-state index is -3.88. The molecule has 0 unspecified atom stereocenters. The molecule has 0 aliphatic rings. The van der Waals surface area contributed by atoms with E-state index >= 15 is 0 Å². The van der Waals surface area contributed by atoms with Gasteiger partial charge in [-0.05, 0) is 30.2 Å². The van der Waals surface area contributed by atoms with Crippen molar-refractivity contribution in [3.8, 4) is 0 Å². The van der Waals surface area contributed by atoms with Gasteiger partial charge in [0.1, 0.15) is 11.7 Å². The summed E-state index contributed by atoms with van der Waals surface area (Å²) >= 11 is 0. The molecule has 0 radical (unpaired) electrons. The third-order valence-electron chi connectivity index (χ3n) is 4.13. The lowest BCUT2D eigenvalue weighted by Gasteiger charge is -2.16. The Morgan fingerprint density at radius 2 is 1.83 bits per heavy atom. The van der Waals surface area contributed by atoms with E-state index in [1.165, 1.54) is 0 Å². The van der Waals surface area contributed by atoms with Gasteiger partial charge in [-0.25, -0.2) is 18.0 Å². The number of nitro benzene ring substituents is 1. The third kappa shape index (κ3) is 5.75. The fourth-order valence-corrected chi connectivity index (χ4v) is 4.27. The van der Waals surface area contributed by atoms with Crippen molar-refractivity contribution >= 4 is 33.2 Å². The monoisotopic (exact) mass is 422 g/mol. The van der Waals surface area contributed by atoms with Crippen molar-refractivity contribution in [3.05, 3.63) is 69.3 Å². The zero-order valence-electron chi connectivity index (χ0n) is 15.2. The van der Waals surface area contributed by atoms with E-state index in [1.807, 2.05) is 0 Å². The van der Waals surface area contributed by atoms with Crippen molar-refractivity contribution in [1.29, 1.82) is 0 Å². The summed E-state index contributed by atoms with van der Waals surface area (Å²) in [6.07, 6.45) is 0. The van der Waals surface area contributed by atoms with E-state index in [2.05, 4.69) is 5.32 Å². The van der Waals surface area contributed by atoms with Crippen LogP contribution in [-0.2, 0) is 20.4 Å². The molecule has 0 aliphatic heterocycles. The molecule has 0 saturated carbocycles. The summed E-state index contributed by atoms with van der Waals surface area (Å²) in [6, 6.07) is 7.94. The van der Waals surface area contributed by atoms with Crippen molar-refractivity contribution in [3.63, 3.8) is 0 Å². The number of nitrogens with one attached hydrogen (secondary N) is 1. The highest BCUT2D eigenvalue weighted by atomic mass is 32.2. The molecular formula is C18H18N2O8S. The summed E-state index contributed by atoms with van der Waals surface area (Å²) in [6.45, 7) is 1.73. The molecule has 1 atom stereocenters. The van der Waals surface area contributed by atoms with Crippen LogP contribution in [0.25, 0.3) is 0 Å². The molecule has 0 bridgehead atoms. The lowest BCUT2D eigenvalue weighted by Crippen LogP contribution is -2.37. The molecular weight excluding hydrogens is 404 g/mol. The minimum absolute atomic E-state index is 0.293. The standard InChI is InChI=1S/C18H18N2O8S/c1-11-4-2-3-5-13(11)9-29(27,28)10-15(18(23)24)19-14-7-6-12(17(21)22)8-16(14)20(25)26/h2-8,15,19H,9-10H2,1H3,(H,21,22)(H,23,24)/t15-/m0/s1. The van der Waals surface area contributed by atoms with Crippen LogP contribution in [0.3, 0.4) is 0 Å². The smallest absolute Gasteiger partial charge is 0.335 e. The summed E-state index contributed by atoms with van der Waals surface area (Å²) in [7, 11) is -3.88. The van der Waals surface area contributed by atoms with E-state index in [4.69, 9.17) is 5.11 Å². The number of nitro groups is 1. The van der Waals surface area contributed by atoms with Crippen LogP contribution in [0.1, 0.15) is 21.5 Å². The van der Waals surface area contributed by atoms with Gasteiger partial charge in [0.25, 0.3) is 5.69 Å². The van der Waals surface area contributed by atoms with Crippen LogP contribution in [0.2, 0.25) is 0 Å². The van der Waals surface area contributed by atoms with Crippen LogP contribution in [-0.4, -0.2) is 47.3 Å². The molecule has 0 saturated heterocycles. The Bertz CT molecular complexity index is 1070. The Labute approximate surface area is 165 Å². The normalized spacial score (nSPS) is 12.2. The summed E-state index contributed by atoms with van der Waals surface area (Å²) in [5, 5.41) is 31.9. The fraction of sp³-hybridized carbons (Fsp3) is 0.222. The molecule has 0 heterocycles. The Morgan fingerprint density at radius 3 is 2.38 bits per heavy atom. The average Bonchev–Trinajstić information content (AvgIpc) is 2.62. The molecule has 3 N–H and O–H groups in total. The molecule has 0 fully saturated rings. The van der Waals surface area contributed by atoms with Crippen molar-refractivity contribution < 1.29 is 33.1 Å². The molecule has 0 amide bonds. The van der Waals surface area contributed by atoms with Crippen LogP contribution < -0.4 is 5.32 Å². The van der Waals surface area contributed by atoms with E-state index in [9.17, 15) is 33.2 Å². The Hall–Kier alpha value is -3.47. The highest BCUT2D eigenvalue weighted by molar-refractivity contribution is 7.90. The molecule has 2 rings (SSSR count). The first kappa shape index (κ1) is 21.8. The van der Waals surface area contributed by atoms with Crippen LogP contribution in [0.5, 0.6) is 0 Å². The molecule has 0 aliphatic carbocycles. The second-order valence-corrected chi connectivity index (χ2v) is 8.42. The van der Waals surface area contributed by atoms with Gasteiger partial charge in [0.05, 0.1) is 22.0 Å². The SMILES string of the molecule is Cc1ccccc1CS(=O)(=O)C[C@H](Nc1ccc(C(=O)O)cc1[N+](=O)[O-])C(=O)O. The fourth-order valence-electron chi connectivity index (χ4n) is 2.62. The van der Waals surface area contributed by atoms with Gasteiger partial charge in [0.2, 0.25) is 0 Å². The Kier molecular flexibility index (Phi) is 6.54. The summed E-state index contributed by atoms with van der Waals surface area (Å²) in [5.74, 6) is -4.11. The Morgan fingerprint density at radius 1 is 1.17 bits per heavy atom. The van der Waals surface area contributed by atoms with E-state index in [-0.39, 0.29) is 17.0 Å². The predicted molar refractivity (Wildman–Crippen MR) is 104 cm³/mol. The summed E-state index contributed by atoms with van der Waals surface area (Å²) < 4.78 is 25.0. The molecule has 11 heteroatoms. The van der Waals surface area contributed by atoms with E-state index < -0.39 is 44.2 Å². The number of aliphatic carboxylic acids is 1. The van der Waals surface area contributed by atoms with E-state index in [0.717, 1.165) is 23.8 Å². The van der Waals surface area contributed by atoms with Crippen LogP contribution in [0.15, 0.2) is 42.5 Å². The zero-order chi connectivity index (χ0) is 21.8. The third-order valence-corrected chi connectivity index (χ3v) is 5.72. The maximum atomic E-state index is 12.5. The number of aromatic carboxylic acids is 1. The lowest BCUT2D eigenvalue weighted by molar-refractivity contribution is -0.384. The van der Waals surface area contributed by atoms with Crippen LogP contribution in [0.4, 0.5) is 11.4 Å². The largest absolute Gasteiger partial charge is 0.480 e. The van der Waals surface area contributed by atoms with Gasteiger partial charge in [-0.3, -0.25) is 10.1 Å². The first-order chi connectivity index (χ1) is 13.5. The molecule has 2 aromatic rings. The number of hydrogen-bond donors (Lipinski definition) is 3. The molecule has 10 nitrogen and oxygen atoms in total. The van der Waals surface area contributed by atoms with Gasteiger partial charge in [-0.1, -0.05) is 24.3 Å². The average molecular weight is 422 g/mol. The highest BCUT2D eigenvalue weighted by Gasteiger charge is 2.28. The number of carboxylic acids is 2. The predicted octanol–water partition coefficient (Wildman–Crippen LogP) is 2.08. The molecule has 29 heavy (non-hydrogen) atoms. The number of hydrogen-bond acceptors (Lipinski definition) is 7. The van der Waals surface area contributed by atoms with Gasteiger partial charge >= 0.3 is 11.9 Å². The highest BCUT2D eigenvalue weighted by Crippen LogP contribution is 2.27. The number of anilines is 1. The Balaban J connectivity index is 2.29. The number of aryl methyl sites for hydroxylation is 1. The van der Waals surface area contributed by atoms with Gasteiger partial charge in [-0.15, -0.1) is 0 Å². The van der Waals surface area contributed by atoms with Crippen LogP contribution in [0, 0.1) is 17.0 Å². The number of nitrogens with zero attached hydrogens (tertiary/aromatic N) is 1. The first-order valence-corrected chi connectivity index (χ1v) is 10.1. The first-order valence-electron chi connectivity index (χ1n) is 8.26. The maximum Gasteiger partial charge on any atom is 0.335 e. The van der Waals surface area contributed by atoms with Gasteiger partial charge in [0.15, 0.2) is 9.84 Å². The second kappa shape index (κ2) is 8.69. The van der Waals surface area contributed by atoms with E-state index in [0.29, 0.717) is 5.56 Å². The minimum Gasteiger partial charge on any atom is -0.480 e. The lowest BCUT2D eigenvalue weighted by atomic mass is 10.1. The van der Waals surface area contributed by atoms with Crippen molar-refractivity contribution in [1.82, 2.24) is 0 Å².